The lowest BCUT2D eigenvalue weighted by Crippen LogP contribution is -2.30. The number of nitrogens with two attached hydrogens (primary N) is 1. The fraction of sp³-hybridized carbons (Fsp3) is 0.583. The van der Waals surface area contributed by atoms with Gasteiger partial charge in [-0.25, -0.2) is 4.98 Å². The van der Waals surface area contributed by atoms with Crippen LogP contribution in [-0.4, -0.2) is 17.6 Å². The van der Waals surface area contributed by atoms with Gasteiger partial charge < -0.3 is 11.1 Å². The molecule has 0 aliphatic heterocycles. The van der Waals surface area contributed by atoms with Crippen LogP contribution in [0.25, 0.3) is 0 Å². The van der Waals surface area contributed by atoms with Gasteiger partial charge in [0.05, 0.1) is 5.56 Å². The maximum atomic E-state index is 12.9. The van der Waals surface area contributed by atoms with Crippen molar-refractivity contribution in [2.75, 3.05) is 11.9 Å². The standard InChI is InChI=1S/C12H15BrF3N3/c13-8-4-9(12(14,15)16)11(19-6-8)18-5-7-2-1-3-10(7)17/h4,6-7,10H,1-3,5,17H2,(H,18,19). The molecule has 2 atom stereocenters. The summed E-state index contributed by atoms with van der Waals surface area (Å²) in [6.07, 6.45) is -0.144. The van der Waals surface area contributed by atoms with E-state index in [2.05, 4.69) is 26.2 Å². The zero-order valence-corrected chi connectivity index (χ0v) is 11.8. The van der Waals surface area contributed by atoms with E-state index in [-0.39, 0.29) is 17.8 Å². The van der Waals surface area contributed by atoms with E-state index in [1.165, 1.54) is 6.20 Å². The molecule has 19 heavy (non-hydrogen) atoms. The number of alkyl halides is 3. The van der Waals surface area contributed by atoms with Gasteiger partial charge in [0.2, 0.25) is 0 Å². The fourth-order valence-corrected chi connectivity index (χ4v) is 2.67. The fourth-order valence-electron chi connectivity index (χ4n) is 2.34. The second kappa shape index (κ2) is 5.66. The van der Waals surface area contributed by atoms with Crippen LogP contribution in [0.15, 0.2) is 16.7 Å². The number of anilines is 1. The van der Waals surface area contributed by atoms with E-state index in [1.54, 1.807) is 0 Å². The van der Waals surface area contributed by atoms with Crippen molar-refractivity contribution < 1.29 is 13.2 Å². The van der Waals surface area contributed by atoms with Gasteiger partial charge in [-0.05, 0) is 40.8 Å². The normalized spacial score (nSPS) is 23.6. The van der Waals surface area contributed by atoms with Crippen LogP contribution in [0, 0.1) is 5.92 Å². The Morgan fingerprint density at radius 3 is 2.74 bits per heavy atom. The largest absolute Gasteiger partial charge is 0.419 e. The molecule has 2 rings (SSSR count). The van der Waals surface area contributed by atoms with Crippen LogP contribution in [0.2, 0.25) is 0 Å². The average Bonchev–Trinajstić information content (AvgIpc) is 2.72. The minimum atomic E-state index is -4.42. The molecule has 1 aromatic rings. The van der Waals surface area contributed by atoms with Gasteiger partial charge in [0, 0.05) is 23.3 Å². The van der Waals surface area contributed by atoms with Crippen LogP contribution in [0.1, 0.15) is 24.8 Å². The van der Waals surface area contributed by atoms with Crippen LogP contribution < -0.4 is 11.1 Å². The Kier molecular flexibility index (Phi) is 4.35. The Hall–Kier alpha value is -0.820. The van der Waals surface area contributed by atoms with E-state index >= 15 is 0 Å². The van der Waals surface area contributed by atoms with E-state index < -0.39 is 11.7 Å². The Balaban J connectivity index is 2.11. The summed E-state index contributed by atoms with van der Waals surface area (Å²) in [6.45, 7) is 0.429. The minimum Gasteiger partial charge on any atom is -0.369 e. The molecule has 7 heteroatoms. The van der Waals surface area contributed by atoms with Crippen molar-refractivity contribution in [2.45, 2.75) is 31.5 Å². The summed E-state index contributed by atoms with van der Waals surface area (Å²) in [5, 5.41) is 2.79. The van der Waals surface area contributed by atoms with Crippen LogP contribution in [-0.2, 0) is 6.18 Å². The molecule has 0 saturated heterocycles. The van der Waals surface area contributed by atoms with Gasteiger partial charge >= 0.3 is 6.18 Å². The summed E-state index contributed by atoms with van der Waals surface area (Å²) in [5.41, 5.74) is 5.14. The first-order valence-corrected chi connectivity index (χ1v) is 6.89. The minimum absolute atomic E-state index is 0.0669. The molecule has 0 radical (unpaired) electrons. The molecule has 1 heterocycles. The molecular formula is C12H15BrF3N3. The number of aromatic nitrogens is 1. The van der Waals surface area contributed by atoms with Gasteiger partial charge in [0.25, 0.3) is 0 Å². The number of nitrogens with one attached hydrogen (secondary N) is 1. The smallest absolute Gasteiger partial charge is 0.369 e. The number of hydrogen-bond acceptors (Lipinski definition) is 3. The number of pyridine rings is 1. The molecule has 0 bridgehead atoms. The summed E-state index contributed by atoms with van der Waals surface area (Å²) < 4.78 is 38.9. The number of nitrogens with zero attached hydrogens (tertiary/aromatic N) is 1. The van der Waals surface area contributed by atoms with Crippen molar-refractivity contribution in [1.82, 2.24) is 4.98 Å². The number of hydrogen-bond donors (Lipinski definition) is 2. The topological polar surface area (TPSA) is 50.9 Å². The Labute approximate surface area is 117 Å². The van der Waals surface area contributed by atoms with Gasteiger partial charge in [-0.3, -0.25) is 0 Å². The SMILES string of the molecule is NC1CCCC1CNc1ncc(Br)cc1C(F)(F)F. The third kappa shape index (κ3) is 3.60. The predicted octanol–water partition coefficient (Wildman–Crippen LogP) is 3.40. The molecule has 2 unspecified atom stereocenters. The summed E-state index contributed by atoms with van der Waals surface area (Å²) >= 11 is 3.01. The summed E-state index contributed by atoms with van der Waals surface area (Å²) in [6, 6.07) is 1.10. The number of rotatable bonds is 3. The zero-order chi connectivity index (χ0) is 14.0. The summed E-state index contributed by atoms with van der Waals surface area (Å²) in [7, 11) is 0. The van der Waals surface area contributed by atoms with Gasteiger partial charge in [0.1, 0.15) is 5.82 Å². The Bertz CT molecular complexity index is 450. The first-order chi connectivity index (χ1) is 8.88. The van der Waals surface area contributed by atoms with Crippen LogP contribution >= 0.6 is 15.9 Å². The lowest BCUT2D eigenvalue weighted by atomic mass is 10.0. The third-order valence-corrected chi connectivity index (χ3v) is 3.84. The van der Waals surface area contributed by atoms with Gasteiger partial charge in [-0.2, -0.15) is 13.2 Å². The van der Waals surface area contributed by atoms with Crippen LogP contribution in [0.5, 0.6) is 0 Å². The van der Waals surface area contributed by atoms with Crippen LogP contribution in [0.4, 0.5) is 19.0 Å². The lowest BCUT2D eigenvalue weighted by molar-refractivity contribution is -0.137. The molecule has 1 fully saturated rings. The van der Waals surface area contributed by atoms with Crippen molar-refractivity contribution >= 4 is 21.7 Å². The third-order valence-electron chi connectivity index (χ3n) is 3.41. The van der Waals surface area contributed by atoms with Crippen molar-refractivity contribution in [3.63, 3.8) is 0 Å². The molecular weight excluding hydrogens is 323 g/mol. The molecule has 3 nitrogen and oxygen atoms in total. The summed E-state index contributed by atoms with van der Waals surface area (Å²) in [4.78, 5) is 3.81. The van der Waals surface area contributed by atoms with Crippen LogP contribution in [0.3, 0.4) is 0 Å². The zero-order valence-electron chi connectivity index (χ0n) is 10.2. The molecule has 106 valence electrons. The summed E-state index contributed by atoms with van der Waals surface area (Å²) in [5.74, 6) is 0.0846. The van der Waals surface area contributed by atoms with E-state index in [4.69, 9.17) is 5.73 Å². The first-order valence-electron chi connectivity index (χ1n) is 6.10. The average molecular weight is 338 g/mol. The van der Waals surface area contributed by atoms with Crippen molar-refractivity contribution in [3.05, 3.63) is 22.3 Å². The molecule has 1 saturated carbocycles. The van der Waals surface area contributed by atoms with Gasteiger partial charge in [-0.15, -0.1) is 0 Å². The molecule has 3 N–H and O–H groups in total. The highest BCUT2D eigenvalue weighted by Crippen LogP contribution is 2.35. The lowest BCUT2D eigenvalue weighted by Gasteiger charge is -2.18. The Morgan fingerprint density at radius 1 is 1.42 bits per heavy atom. The van der Waals surface area contributed by atoms with E-state index in [0.717, 1.165) is 25.3 Å². The van der Waals surface area contributed by atoms with E-state index in [1.807, 2.05) is 0 Å². The quantitative estimate of drug-likeness (QED) is 0.888. The first kappa shape index (κ1) is 14.6. The highest BCUT2D eigenvalue weighted by Gasteiger charge is 2.35. The second-order valence-electron chi connectivity index (χ2n) is 4.78. The monoisotopic (exact) mass is 337 g/mol. The number of halogens is 4. The molecule has 1 aliphatic carbocycles. The maximum Gasteiger partial charge on any atom is 0.419 e. The highest BCUT2D eigenvalue weighted by atomic mass is 79.9. The predicted molar refractivity (Wildman–Crippen MR) is 70.7 cm³/mol. The van der Waals surface area contributed by atoms with E-state index in [0.29, 0.717) is 11.0 Å². The maximum absolute atomic E-state index is 12.9. The molecule has 1 aromatic heterocycles. The van der Waals surface area contributed by atoms with Crippen molar-refractivity contribution in [3.8, 4) is 0 Å². The van der Waals surface area contributed by atoms with E-state index in [9.17, 15) is 13.2 Å². The highest BCUT2D eigenvalue weighted by molar-refractivity contribution is 9.10. The molecule has 1 aliphatic rings. The van der Waals surface area contributed by atoms with Crippen molar-refractivity contribution in [2.24, 2.45) is 11.7 Å². The van der Waals surface area contributed by atoms with Gasteiger partial charge in [-0.1, -0.05) is 6.42 Å². The Morgan fingerprint density at radius 2 is 2.16 bits per heavy atom. The molecule has 0 amide bonds. The van der Waals surface area contributed by atoms with Crippen molar-refractivity contribution in [1.29, 1.82) is 0 Å². The van der Waals surface area contributed by atoms with Gasteiger partial charge in [0.15, 0.2) is 0 Å². The molecule has 0 aromatic carbocycles. The molecule has 0 spiro atoms. The second-order valence-corrected chi connectivity index (χ2v) is 5.70.